The Morgan fingerprint density at radius 2 is 2.07 bits per heavy atom. The van der Waals surface area contributed by atoms with E-state index in [0.717, 1.165) is 18.4 Å². The van der Waals surface area contributed by atoms with Crippen molar-refractivity contribution in [3.05, 3.63) is 33.8 Å². The van der Waals surface area contributed by atoms with E-state index in [1.165, 1.54) is 4.52 Å². The molecule has 2 aromatic rings. The number of rotatable bonds is 5. The third kappa shape index (κ3) is 4.07. The molecule has 2 heterocycles. The fourth-order valence-electron chi connectivity index (χ4n) is 2.89. The number of allylic oxidation sites excluding steroid dienone is 1. The van der Waals surface area contributed by atoms with Crippen LogP contribution < -0.4 is 10.9 Å². The highest BCUT2D eigenvalue weighted by Crippen LogP contribution is 2.25. The first-order chi connectivity index (χ1) is 12.6. The van der Waals surface area contributed by atoms with E-state index in [1.807, 2.05) is 26.0 Å². The summed E-state index contributed by atoms with van der Waals surface area (Å²) in [7, 11) is 0. The van der Waals surface area contributed by atoms with Crippen molar-refractivity contribution in [2.45, 2.75) is 60.0 Å². The molecule has 7 heteroatoms. The van der Waals surface area contributed by atoms with E-state index < -0.39 is 11.5 Å². The molecule has 1 amide bonds. The first-order valence-corrected chi connectivity index (χ1v) is 9.42. The lowest BCUT2D eigenvalue weighted by atomic mass is 9.96. The summed E-state index contributed by atoms with van der Waals surface area (Å²) in [6.45, 7) is 10.7. The van der Waals surface area contributed by atoms with Crippen molar-refractivity contribution in [1.82, 2.24) is 19.5 Å². The van der Waals surface area contributed by atoms with E-state index in [4.69, 9.17) is 0 Å². The van der Waals surface area contributed by atoms with E-state index in [2.05, 4.69) is 31.2 Å². The highest BCUT2D eigenvalue weighted by molar-refractivity contribution is 5.96. The minimum Gasteiger partial charge on any atom is -0.494 e. The van der Waals surface area contributed by atoms with Crippen LogP contribution in [-0.4, -0.2) is 31.2 Å². The second-order valence-electron chi connectivity index (χ2n) is 8.79. The topological polar surface area (TPSA) is 88.6 Å². The van der Waals surface area contributed by atoms with Crippen molar-refractivity contribution in [3.8, 4) is 5.88 Å². The third-order valence-electron chi connectivity index (χ3n) is 4.36. The number of nitrogens with zero attached hydrogens (tertiary/aromatic N) is 3. The minimum atomic E-state index is -0.601. The van der Waals surface area contributed by atoms with E-state index in [0.29, 0.717) is 12.2 Å². The number of fused-ring (bicyclic) bond motifs is 1. The quantitative estimate of drug-likeness (QED) is 0.845. The van der Waals surface area contributed by atoms with Gasteiger partial charge in [0.2, 0.25) is 5.88 Å². The van der Waals surface area contributed by atoms with Crippen molar-refractivity contribution >= 4 is 17.6 Å². The summed E-state index contributed by atoms with van der Waals surface area (Å²) in [6.07, 6.45) is 7.33. The number of hydrogen-bond acceptors (Lipinski definition) is 4. The van der Waals surface area contributed by atoms with Gasteiger partial charge in [0.1, 0.15) is 5.65 Å². The average molecular weight is 372 g/mol. The molecule has 0 aromatic carbocycles. The number of carbonyl (C=O) groups excluding carboxylic acids is 1. The standard InChI is InChI=1S/C20H28N4O3/c1-12(2)11-23-17-13(8-9-20(3,4)5)10-21-24(17)19(27)15(18(23)26)16(25)22-14-6-7-14/h8-10,12,14,26H,6-7,11H2,1-5H3,(H,22,25)/b9-8+. The average Bonchev–Trinajstić information content (AvgIpc) is 3.24. The van der Waals surface area contributed by atoms with Gasteiger partial charge in [0.05, 0.1) is 6.20 Å². The van der Waals surface area contributed by atoms with Gasteiger partial charge in [0.15, 0.2) is 5.56 Å². The molecule has 1 fully saturated rings. The van der Waals surface area contributed by atoms with Gasteiger partial charge < -0.3 is 10.4 Å². The molecule has 2 N–H and O–H groups in total. The molecule has 0 spiro atoms. The minimum absolute atomic E-state index is 0.0381. The molecule has 27 heavy (non-hydrogen) atoms. The lowest BCUT2D eigenvalue weighted by molar-refractivity contribution is 0.0944. The van der Waals surface area contributed by atoms with Gasteiger partial charge in [-0.25, -0.2) is 0 Å². The summed E-state index contributed by atoms with van der Waals surface area (Å²) in [5, 5.41) is 17.8. The predicted molar refractivity (Wildman–Crippen MR) is 105 cm³/mol. The molecular formula is C20H28N4O3. The second-order valence-corrected chi connectivity index (χ2v) is 8.79. The smallest absolute Gasteiger partial charge is 0.291 e. The van der Waals surface area contributed by atoms with Gasteiger partial charge in [0, 0.05) is 18.2 Å². The molecular weight excluding hydrogens is 344 g/mol. The maximum absolute atomic E-state index is 12.9. The second kappa shape index (κ2) is 6.87. The molecule has 2 aromatic heterocycles. The molecule has 1 aliphatic rings. The van der Waals surface area contributed by atoms with E-state index >= 15 is 0 Å². The SMILES string of the molecule is CC(C)Cn1c(O)c(C(=O)NC2CC2)c(=O)n2ncc(/C=C/C(C)(C)C)c12. The summed E-state index contributed by atoms with van der Waals surface area (Å²) in [5.41, 5.74) is 0.339. The normalized spacial score (nSPS) is 15.2. The number of nitrogens with one attached hydrogen (secondary N) is 1. The molecule has 0 radical (unpaired) electrons. The van der Waals surface area contributed by atoms with Crippen LogP contribution in [0.2, 0.25) is 0 Å². The lowest BCUT2D eigenvalue weighted by Crippen LogP contribution is -2.34. The van der Waals surface area contributed by atoms with Crippen molar-refractivity contribution < 1.29 is 9.90 Å². The van der Waals surface area contributed by atoms with Crippen molar-refractivity contribution in [2.24, 2.45) is 11.3 Å². The number of carbonyl (C=O) groups is 1. The summed E-state index contributed by atoms with van der Waals surface area (Å²) in [6, 6.07) is 0.0912. The Bertz CT molecular complexity index is 956. The molecule has 3 rings (SSSR count). The zero-order valence-electron chi connectivity index (χ0n) is 16.6. The first-order valence-electron chi connectivity index (χ1n) is 9.42. The summed E-state index contributed by atoms with van der Waals surface area (Å²) >= 11 is 0. The van der Waals surface area contributed by atoms with Gasteiger partial charge in [-0.3, -0.25) is 14.2 Å². The van der Waals surface area contributed by atoms with Gasteiger partial charge in [-0.15, -0.1) is 0 Å². The zero-order chi connectivity index (χ0) is 19.9. The van der Waals surface area contributed by atoms with E-state index in [1.54, 1.807) is 10.8 Å². The van der Waals surface area contributed by atoms with Gasteiger partial charge in [-0.2, -0.15) is 9.61 Å². The monoisotopic (exact) mass is 372 g/mol. The van der Waals surface area contributed by atoms with Crippen LogP contribution in [0, 0.1) is 11.3 Å². The maximum Gasteiger partial charge on any atom is 0.291 e. The Labute approximate surface area is 158 Å². The Hall–Kier alpha value is -2.57. The Morgan fingerprint density at radius 3 is 2.63 bits per heavy atom. The molecule has 0 saturated heterocycles. The van der Waals surface area contributed by atoms with Crippen LogP contribution in [0.25, 0.3) is 11.7 Å². The van der Waals surface area contributed by atoms with Crippen molar-refractivity contribution in [3.63, 3.8) is 0 Å². The van der Waals surface area contributed by atoms with Crippen molar-refractivity contribution in [1.29, 1.82) is 0 Å². The van der Waals surface area contributed by atoms with Crippen LogP contribution in [0.4, 0.5) is 0 Å². The van der Waals surface area contributed by atoms with Crippen LogP contribution in [0.1, 0.15) is 63.4 Å². The molecule has 0 atom stereocenters. The highest BCUT2D eigenvalue weighted by atomic mass is 16.3. The fourth-order valence-corrected chi connectivity index (χ4v) is 2.89. The van der Waals surface area contributed by atoms with Gasteiger partial charge >= 0.3 is 0 Å². The fraction of sp³-hybridized carbons (Fsp3) is 0.550. The van der Waals surface area contributed by atoms with E-state index in [-0.39, 0.29) is 28.8 Å². The number of hydrogen-bond donors (Lipinski definition) is 2. The summed E-state index contributed by atoms with van der Waals surface area (Å²) in [4.78, 5) is 25.4. The predicted octanol–water partition coefficient (Wildman–Crippen LogP) is 2.81. The van der Waals surface area contributed by atoms with Crippen molar-refractivity contribution in [2.75, 3.05) is 0 Å². The van der Waals surface area contributed by atoms with Crippen LogP contribution in [0.5, 0.6) is 5.88 Å². The number of aromatic nitrogens is 3. The Kier molecular flexibility index (Phi) is 4.88. The molecule has 146 valence electrons. The van der Waals surface area contributed by atoms with E-state index in [9.17, 15) is 14.7 Å². The largest absolute Gasteiger partial charge is 0.494 e. The first kappa shape index (κ1) is 19.2. The molecule has 1 aliphatic carbocycles. The van der Waals surface area contributed by atoms with Crippen LogP contribution in [0.3, 0.4) is 0 Å². The highest BCUT2D eigenvalue weighted by Gasteiger charge is 2.29. The Morgan fingerprint density at radius 1 is 1.41 bits per heavy atom. The van der Waals surface area contributed by atoms with Gasteiger partial charge in [0.25, 0.3) is 11.5 Å². The van der Waals surface area contributed by atoms with Gasteiger partial charge in [-0.05, 0) is 24.2 Å². The molecule has 0 aliphatic heterocycles. The zero-order valence-corrected chi connectivity index (χ0v) is 16.6. The third-order valence-corrected chi connectivity index (χ3v) is 4.36. The Balaban J connectivity index is 2.21. The number of amides is 1. The maximum atomic E-state index is 12.9. The van der Waals surface area contributed by atoms with Crippen LogP contribution in [-0.2, 0) is 6.54 Å². The number of aromatic hydroxyl groups is 1. The molecule has 0 unspecified atom stereocenters. The summed E-state index contributed by atoms with van der Waals surface area (Å²) in [5.74, 6) is -0.636. The molecule has 0 bridgehead atoms. The molecule has 1 saturated carbocycles. The lowest BCUT2D eigenvalue weighted by Gasteiger charge is -2.17. The van der Waals surface area contributed by atoms with Crippen LogP contribution in [0.15, 0.2) is 17.1 Å². The summed E-state index contributed by atoms with van der Waals surface area (Å²) < 4.78 is 2.83. The molecule has 7 nitrogen and oxygen atoms in total. The van der Waals surface area contributed by atoms with Crippen LogP contribution >= 0.6 is 0 Å². The van der Waals surface area contributed by atoms with Gasteiger partial charge in [-0.1, -0.05) is 46.8 Å².